The van der Waals surface area contributed by atoms with Crippen LogP contribution in [0.1, 0.15) is 26.3 Å². The summed E-state index contributed by atoms with van der Waals surface area (Å²) >= 11 is 5.98. The molecule has 0 radical (unpaired) electrons. The average Bonchev–Trinajstić information content (AvgIpc) is 3.14. The van der Waals surface area contributed by atoms with E-state index in [0.717, 1.165) is 5.69 Å². The van der Waals surface area contributed by atoms with Crippen molar-refractivity contribution in [1.29, 1.82) is 0 Å². The first-order valence-corrected chi connectivity index (χ1v) is 8.24. The number of hydrogen-bond acceptors (Lipinski definition) is 3. The third-order valence-electron chi connectivity index (χ3n) is 4.03. The van der Waals surface area contributed by atoms with Gasteiger partial charge in [0.2, 0.25) is 11.8 Å². The lowest BCUT2D eigenvalue weighted by Crippen LogP contribution is -2.28. The van der Waals surface area contributed by atoms with Gasteiger partial charge in [-0.25, -0.2) is 4.68 Å². The second-order valence-electron chi connectivity index (χ2n) is 6.13. The molecule has 1 aromatic carbocycles. The highest BCUT2D eigenvalue weighted by Crippen LogP contribution is 2.28. The Morgan fingerprint density at radius 3 is 2.88 bits per heavy atom. The van der Waals surface area contributed by atoms with Crippen LogP contribution in [0, 0.1) is 5.92 Å². The van der Waals surface area contributed by atoms with Gasteiger partial charge in [0, 0.05) is 35.8 Å². The lowest BCUT2D eigenvalue weighted by atomic mass is 10.1. The van der Waals surface area contributed by atoms with Gasteiger partial charge in [-0.3, -0.25) is 9.59 Å². The smallest absolute Gasteiger partial charge is 0.230 e. The van der Waals surface area contributed by atoms with Crippen LogP contribution in [-0.2, 0) is 9.59 Å². The molecule has 1 fully saturated rings. The number of carbonyl (C=O) groups excluding carboxylic acids is 2. The Morgan fingerprint density at radius 2 is 2.17 bits per heavy atom. The largest absolute Gasteiger partial charge is 0.312 e. The molecule has 1 aliphatic heterocycles. The van der Waals surface area contributed by atoms with Crippen LogP contribution in [-0.4, -0.2) is 28.1 Å². The van der Waals surface area contributed by atoms with Gasteiger partial charge in [0.1, 0.15) is 5.82 Å². The Kier molecular flexibility index (Phi) is 4.57. The Morgan fingerprint density at radius 1 is 1.38 bits per heavy atom. The summed E-state index contributed by atoms with van der Waals surface area (Å²) in [6.07, 6.45) is 1.84. The highest BCUT2D eigenvalue weighted by molar-refractivity contribution is 6.31. The van der Waals surface area contributed by atoms with Crippen molar-refractivity contribution in [1.82, 2.24) is 9.78 Å². The van der Waals surface area contributed by atoms with Crippen LogP contribution in [0.2, 0.25) is 5.02 Å². The number of aromatic nitrogens is 2. The summed E-state index contributed by atoms with van der Waals surface area (Å²) in [4.78, 5) is 26.4. The number of hydrogen-bond donors (Lipinski definition) is 1. The fourth-order valence-electron chi connectivity index (χ4n) is 2.83. The summed E-state index contributed by atoms with van der Waals surface area (Å²) in [7, 11) is 0. The first-order valence-electron chi connectivity index (χ1n) is 7.86. The summed E-state index contributed by atoms with van der Waals surface area (Å²) in [5, 5.41) is 7.63. The van der Waals surface area contributed by atoms with Crippen molar-refractivity contribution in [3.05, 3.63) is 41.6 Å². The Bertz CT molecular complexity index is 771. The number of nitrogens with one attached hydrogen (secondary N) is 1. The number of carbonyl (C=O) groups is 2. The van der Waals surface area contributed by atoms with Gasteiger partial charge in [-0.15, -0.1) is 0 Å². The van der Waals surface area contributed by atoms with Gasteiger partial charge >= 0.3 is 0 Å². The Hall–Kier alpha value is -2.34. The van der Waals surface area contributed by atoms with Crippen molar-refractivity contribution >= 4 is 34.9 Å². The van der Waals surface area contributed by atoms with Crippen molar-refractivity contribution in [3.63, 3.8) is 0 Å². The molecule has 0 saturated carbocycles. The molecule has 6 nitrogen and oxygen atoms in total. The van der Waals surface area contributed by atoms with Gasteiger partial charge < -0.3 is 10.2 Å². The Balaban J connectivity index is 1.71. The zero-order valence-electron chi connectivity index (χ0n) is 13.6. The molecular weight excluding hydrogens is 328 g/mol. The molecule has 0 spiro atoms. The number of amides is 2. The predicted octanol–water partition coefficient (Wildman–Crippen LogP) is 3.11. The molecule has 1 aliphatic rings. The summed E-state index contributed by atoms with van der Waals surface area (Å²) in [5.41, 5.74) is 0.718. The molecule has 1 atom stereocenters. The SMILES string of the molecule is CC(C)n1nccc1NC(=O)[C@@H]1CC(=O)N(c2cccc(Cl)c2)C1. The standard InChI is InChI=1S/C17H19ClN4O2/c1-11(2)22-15(6-7-19-22)20-17(24)12-8-16(23)21(10-12)14-5-3-4-13(18)9-14/h3-7,9,11-12H,8,10H2,1-2H3,(H,20,24)/t12-/m1/s1. The van der Waals surface area contributed by atoms with E-state index < -0.39 is 5.92 Å². The van der Waals surface area contributed by atoms with E-state index in [9.17, 15) is 9.59 Å². The first kappa shape index (κ1) is 16.5. The van der Waals surface area contributed by atoms with Crippen molar-refractivity contribution in [3.8, 4) is 0 Å². The van der Waals surface area contributed by atoms with Gasteiger partial charge in [0.05, 0.1) is 12.1 Å². The zero-order valence-corrected chi connectivity index (χ0v) is 14.3. The van der Waals surface area contributed by atoms with Crippen LogP contribution in [0.25, 0.3) is 0 Å². The monoisotopic (exact) mass is 346 g/mol. The highest BCUT2D eigenvalue weighted by atomic mass is 35.5. The van der Waals surface area contributed by atoms with E-state index in [2.05, 4.69) is 10.4 Å². The number of rotatable bonds is 4. The van der Waals surface area contributed by atoms with Crippen LogP contribution in [0.4, 0.5) is 11.5 Å². The molecule has 0 aliphatic carbocycles. The minimum atomic E-state index is -0.396. The molecule has 3 rings (SSSR count). The van der Waals surface area contributed by atoms with Gasteiger partial charge in [0.15, 0.2) is 0 Å². The molecule has 0 unspecified atom stereocenters. The van der Waals surface area contributed by atoms with Crippen molar-refractivity contribution in [2.45, 2.75) is 26.3 Å². The molecule has 1 aromatic heterocycles. The molecule has 2 aromatic rings. The molecule has 1 saturated heterocycles. The van der Waals surface area contributed by atoms with Gasteiger partial charge in [0.25, 0.3) is 0 Å². The fraction of sp³-hybridized carbons (Fsp3) is 0.353. The molecule has 0 bridgehead atoms. The minimum Gasteiger partial charge on any atom is -0.312 e. The molecule has 126 valence electrons. The maximum absolute atomic E-state index is 12.5. The molecule has 2 heterocycles. The lowest BCUT2D eigenvalue weighted by Gasteiger charge is -2.17. The molecule has 1 N–H and O–H groups in total. The topological polar surface area (TPSA) is 67.2 Å². The zero-order chi connectivity index (χ0) is 17.3. The molecule has 2 amide bonds. The third-order valence-corrected chi connectivity index (χ3v) is 4.26. The second-order valence-corrected chi connectivity index (χ2v) is 6.57. The molecular formula is C17H19ClN4O2. The van der Waals surface area contributed by atoms with Gasteiger partial charge in [-0.05, 0) is 32.0 Å². The number of halogens is 1. The van der Waals surface area contributed by atoms with E-state index in [1.54, 1.807) is 40.0 Å². The minimum absolute atomic E-state index is 0.0743. The third kappa shape index (κ3) is 3.28. The van der Waals surface area contributed by atoms with E-state index in [4.69, 9.17) is 11.6 Å². The van der Waals surface area contributed by atoms with Crippen LogP contribution in [0.15, 0.2) is 36.5 Å². The maximum atomic E-state index is 12.5. The highest BCUT2D eigenvalue weighted by Gasteiger charge is 2.35. The van der Waals surface area contributed by atoms with E-state index in [1.807, 2.05) is 19.9 Å². The number of anilines is 2. The summed E-state index contributed by atoms with van der Waals surface area (Å²) in [6, 6.07) is 8.99. The second kappa shape index (κ2) is 6.65. The summed E-state index contributed by atoms with van der Waals surface area (Å²) in [5.74, 6) is 0.000658. The van der Waals surface area contributed by atoms with E-state index in [1.165, 1.54) is 0 Å². The average molecular weight is 347 g/mol. The summed E-state index contributed by atoms with van der Waals surface area (Å²) in [6.45, 7) is 4.33. The van der Waals surface area contributed by atoms with Crippen LogP contribution < -0.4 is 10.2 Å². The van der Waals surface area contributed by atoms with Crippen molar-refractivity contribution in [2.75, 3.05) is 16.8 Å². The van der Waals surface area contributed by atoms with Crippen molar-refractivity contribution < 1.29 is 9.59 Å². The number of nitrogens with zero attached hydrogens (tertiary/aromatic N) is 3. The van der Waals surface area contributed by atoms with Crippen molar-refractivity contribution in [2.24, 2.45) is 5.92 Å². The molecule has 7 heteroatoms. The first-order chi connectivity index (χ1) is 11.5. The van der Waals surface area contributed by atoms with E-state index >= 15 is 0 Å². The summed E-state index contributed by atoms with van der Waals surface area (Å²) < 4.78 is 1.74. The van der Waals surface area contributed by atoms with Crippen LogP contribution >= 0.6 is 11.6 Å². The van der Waals surface area contributed by atoms with Crippen LogP contribution in [0.3, 0.4) is 0 Å². The maximum Gasteiger partial charge on any atom is 0.230 e. The van der Waals surface area contributed by atoms with Gasteiger partial charge in [-0.2, -0.15) is 5.10 Å². The molecule has 24 heavy (non-hydrogen) atoms. The van der Waals surface area contributed by atoms with Crippen LogP contribution in [0.5, 0.6) is 0 Å². The van der Waals surface area contributed by atoms with Gasteiger partial charge in [-0.1, -0.05) is 17.7 Å². The quantitative estimate of drug-likeness (QED) is 0.924. The lowest BCUT2D eigenvalue weighted by molar-refractivity contribution is -0.122. The van der Waals surface area contributed by atoms with E-state index in [0.29, 0.717) is 17.4 Å². The normalized spacial score (nSPS) is 17.6. The Labute approximate surface area is 145 Å². The predicted molar refractivity (Wildman–Crippen MR) is 93.2 cm³/mol. The fourth-order valence-corrected chi connectivity index (χ4v) is 3.01. The number of benzene rings is 1. The van der Waals surface area contributed by atoms with E-state index in [-0.39, 0.29) is 24.3 Å².